The molecule has 2 N–H and O–H groups in total. The summed E-state index contributed by atoms with van der Waals surface area (Å²) < 4.78 is 12.2. The number of aromatic nitrogens is 3. The lowest BCUT2D eigenvalue weighted by Crippen LogP contribution is -2.33. The first-order valence-electron chi connectivity index (χ1n) is 13.5. The minimum Gasteiger partial charge on any atom is -0.490 e. The number of carbonyl (C=O) groups excluding carboxylic acids is 2. The van der Waals surface area contributed by atoms with E-state index < -0.39 is 5.91 Å². The van der Waals surface area contributed by atoms with Gasteiger partial charge in [0.25, 0.3) is 11.8 Å². The summed E-state index contributed by atoms with van der Waals surface area (Å²) in [6, 6.07) is 13.7. The number of likely N-dealkylation sites (tertiary alicyclic amines) is 1. The van der Waals surface area contributed by atoms with Crippen molar-refractivity contribution in [3.63, 3.8) is 0 Å². The molecule has 2 amide bonds. The zero-order valence-electron chi connectivity index (χ0n) is 22.7. The highest BCUT2D eigenvalue weighted by atomic mass is 16.5. The number of nitrogens with one attached hydrogen (secondary N) is 2. The van der Waals surface area contributed by atoms with Crippen molar-refractivity contribution in [1.29, 1.82) is 0 Å². The fourth-order valence-corrected chi connectivity index (χ4v) is 4.50. The van der Waals surface area contributed by atoms with Crippen molar-refractivity contribution in [1.82, 2.24) is 19.9 Å². The van der Waals surface area contributed by atoms with Crippen LogP contribution in [0.1, 0.15) is 36.5 Å². The van der Waals surface area contributed by atoms with Gasteiger partial charge in [0, 0.05) is 42.7 Å². The van der Waals surface area contributed by atoms with Crippen LogP contribution in [-0.2, 0) is 4.79 Å². The highest BCUT2D eigenvalue weighted by molar-refractivity contribution is 6.06. The number of anilines is 2. The number of nitrogens with zero attached hydrogens (tertiary/aromatic N) is 4. The predicted molar refractivity (Wildman–Crippen MR) is 156 cm³/mol. The number of hydrogen-bond donors (Lipinski definition) is 2. The number of fused-ring (bicyclic) bond motifs is 1. The van der Waals surface area contributed by atoms with Crippen LogP contribution in [0.5, 0.6) is 17.4 Å². The van der Waals surface area contributed by atoms with Gasteiger partial charge in [-0.15, -0.1) is 0 Å². The first-order chi connectivity index (χ1) is 20.1. The lowest BCUT2D eigenvalue weighted by molar-refractivity contribution is -0.111. The summed E-state index contributed by atoms with van der Waals surface area (Å²) in [5, 5.41) is 6.19. The average molecular weight is 551 g/mol. The second-order valence-corrected chi connectivity index (χ2v) is 9.41. The van der Waals surface area contributed by atoms with Gasteiger partial charge in [-0.3, -0.25) is 19.5 Å². The SMILES string of the molecule is CC#CC(=O)Nc1cc2c(Oc3ccc(C(=O)Nc4ccccn4)cn3)ccnc2cc1OCCN1CCCCC1. The van der Waals surface area contributed by atoms with E-state index >= 15 is 0 Å². The first kappa shape index (κ1) is 27.6. The second-order valence-electron chi connectivity index (χ2n) is 9.41. The fourth-order valence-electron chi connectivity index (χ4n) is 4.50. The van der Waals surface area contributed by atoms with Crippen molar-refractivity contribution < 1.29 is 19.1 Å². The van der Waals surface area contributed by atoms with Crippen molar-refractivity contribution >= 4 is 34.2 Å². The molecule has 4 heterocycles. The minimum atomic E-state index is -0.444. The largest absolute Gasteiger partial charge is 0.490 e. The molecule has 41 heavy (non-hydrogen) atoms. The van der Waals surface area contributed by atoms with E-state index in [4.69, 9.17) is 9.47 Å². The lowest BCUT2D eigenvalue weighted by Gasteiger charge is -2.26. The van der Waals surface area contributed by atoms with Crippen LogP contribution in [0.15, 0.2) is 67.1 Å². The molecule has 10 nitrogen and oxygen atoms in total. The topological polar surface area (TPSA) is 119 Å². The molecule has 4 aromatic rings. The number of pyridine rings is 3. The number of benzene rings is 1. The minimum absolute atomic E-state index is 0.288. The second kappa shape index (κ2) is 13.4. The number of hydrogen-bond acceptors (Lipinski definition) is 8. The van der Waals surface area contributed by atoms with Gasteiger partial charge in [-0.25, -0.2) is 9.97 Å². The van der Waals surface area contributed by atoms with Crippen LogP contribution in [0, 0.1) is 11.8 Å². The Kier molecular flexibility index (Phi) is 8.98. The highest BCUT2D eigenvalue weighted by Crippen LogP contribution is 2.35. The van der Waals surface area contributed by atoms with Crippen molar-refractivity contribution in [2.75, 3.05) is 36.9 Å². The number of carbonyl (C=O) groups is 2. The Bertz CT molecular complexity index is 1580. The highest BCUT2D eigenvalue weighted by Gasteiger charge is 2.16. The van der Waals surface area contributed by atoms with Gasteiger partial charge in [0.15, 0.2) is 0 Å². The first-order valence-corrected chi connectivity index (χ1v) is 13.5. The fraction of sp³-hybridized carbons (Fsp3) is 0.258. The van der Waals surface area contributed by atoms with Crippen molar-refractivity contribution in [3.05, 3.63) is 72.7 Å². The average Bonchev–Trinajstić information content (AvgIpc) is 2.99. The van der Waals surface area contributed by atoms with Crippen molar-refractivity contribution in [2.24, 2.45) is 0 Å². The van der Waals surface area contributed by atoms with E-state index in [0.717, 1.165) is 19.6 Å². The van der Waals surface area contributed by atoms with Gasteiger partial charge in [-0.1, -0.05) is 18.4 Å². The number of ether oxygens (including phenoxy) is 2. The maximum Gasteiger partial charge on any atom is 0.300 e. The molecule has 0 radical (unpaired) electrons. The molecule has 0 atom stereocenters. The molecule has 208 valence electrons. The van der Waals surface area contributed by atoms with Crippen LogP contribution in [0.3, 0.4) is 0 Å². The standard InChI is InChI=1S/C31H30N6O4/c1-2-8-29(38)35-25-19-23-24(20-27(25)40-18-17-37-15-6-3-7-16-37)32-14-12-26(23)41-30-11-10-22(21-34-30)31(39)36-28-9-4-5-13-33-28/h4-5,9-14,19-21H,3,6-7,15-18H2,1H3,(H,35,38)(H,33,36,39). The zero-order chi connectivity index (χ0) is 28.4. The van der Waals surface area contributed by atoms with Crippen molar-refractivity contribution in [2.45, 2.75) is 26.2 Å². The number of piperidine rings is 1. The van der Waals surface area contributed by atoms with Crippen LogP contribution in [0.4, 0.5) is 11.5 Å². The zero-order valence-corrected chi connectivity index (χ0v) is 22.7. The van der Waals surface area contributed by atoms with Crippen LogP contribution in [0.2, 0.25) is 0 Å². The van der Waals surface area contributed by atoms with Crippen LogP contribution in [0.25, 0.3) is 10.9 Å². The molecular weight excluding hydrogens is 520 g/mol. The third-order valence-electron chi connectivity index (χ3n) is 6.52. The van der Waals surface area contributed by atoms with Gasteiger partial charge >= 0.3 is 0 Å². The molecule has 1 fully saturated rings. The van der Waals surface area contributed by atoms with E-state index in [1.165, 1.54) is 25.5 Å². The molecular formula is C31H30N6O4. The number of rotatable bonds is 9. The Hall–Kier alpha value is -5.01. The van der Waals surface area contributed by atoms with Crippen molar-refractivity contribution in [3.8, 4) is 29.2 Å². The van der Waals surface area contributed by atoms with E-state index in [9.17, 15) is 9.59 Å². The van der Waals surface area contributed by atoms with Gasteiger partial charge in [0.2, 0.25) is 5.88 Å². The van der Waals surface area contributed by atoms with Crippen LogP contribution in [-0.4, -0.2) is 57.9 Å². The molecule has 0 saturated carbocycles. The van der Waals surface area contributed by atoms with E-state index in [2.05, 4.69) is 42.3 Å². The Morgan fingerprint density at radius 2 is 1.83 bits per heavy atom. The molecule has 0 aliphatic carbocycles. The molecule has 3 aromatic heterocycles. The smallest absolute Gasteiger partial charge is 0.300 e. The maximum absolute atomic E-state index is 12.5. The molecule has 1 aliphatic rings. The molecule has 1 aliphatic heterocycles. The van der Waals surface area contributed by atoms with E-state index in [1.807, 2.05) is 0 Å². The van der Waals surface area contributed by atoms with E-state index in [0.29, 0.717) is 46.1 Å². The number of amides is 2. The summed E-state index contributed by atoms with van der Waals surface area (Å²) in [5.41, 5.74) is 1.45. The lowest BCUT2D eigenvalue weighted by atomic mass is 10.1. The Morgan fingerprint density at radius 3 is 2.59 bits per heavy atom. The van der Waals surface area contributed by atoms with E-state index in [1.54, 1.807) is 67.8 Å². The molecule has 0 bridgehead atoms. The molecule has 10 heteroatoms. The summed E-state index contributed by atoms with van der Waals surface area (Å²) in [5.74, 6) is 6.06. The Morgan fingerprint density at radius 1 is 0.951 bits per heavy atom. The van der Waals surface area contributed by atoms with Gasteiger partial charge in [0.1, 0.15) is 23.9 Å². The van der Waals surface area contributed by atoms with Crippen LogP contribution >= 0.6 is 0 Å². The summed E-state index contributed by atoms with van der Waals surface area (Å²) in [6.07, 6.45) is 8.34. The Balaban J connectivity index is 1.35. The molecule has 0 spiro atoms. The predicted octanol–water partition coefficient (Wildman–Crippen LogP) is 4.90. The molecule has 0 unspecified atom stereocenters. The van der Waals surface area contributed by atoms with Gasteiger partial charge in [0.05, 0.1) is 16.8 Å². The summed E-state index contributed by atoms with van der Waals surface area (Å²) in [6.45, 7) is 5.03. The monoisotopic (exact) mass is 550 g/mol. The van der Waals surface area contributed by atoms with Gasteiger partial charge in [-0.05, 0) is 69.1 Å². The summed E-state index contributed by atoms with van der Waals surface area (Å²) >= 11 is 0. The quantitative estimate of drug-likeness (QED) is 0.283. The summed E-state index contributed by atoms with van der Waals surface area (Å²) in [7, 11) is 0. The third-order valence-corrected chi connectivity index (χ3v) is 6.52. The molecule has 1 saturated heterocycles. The Labute approximate surface area is 238 Å². The van der Waals surface area contributed by atoms with E-state index in [-0.39, 0.29) is 11.8 Å². The maximum atomic E-state index is 12.5. The van der Waals surface area contributed by atoms with Gasteiger partial charge in [-0.2, -0.15) is 0 Å². The third kappa shape index (κ3) is 7.35. The molecule has 1 aromatic carbocycles. The van der Waals surface area contributed by atoms with Gasteiger partial charge < -0.3 is 20.1 Å². The normalized spacial score (nSPS) is 13.1. The molecule has 5 rings (SSSR count). The summed E-state index contributed by atoms with van der Waals surface area (Å²) in [4.78, 5) is 40.2. The van der Waals surface area contributed by atoms with Crippen LogP contribution < -0.4 is 20.1 Å².